The van der Waals surface area contributed by atoms with Crippen molar-refractivity contribution >= 4 is 40.2 Å². The second-order valence-electron chi connectivity index (χ2n) is 8.27. The molecule has 3 amide bonds. The van der Waals surface area contributed by atoms with Gasteiger partial charge in [-0.3, -0.25) is 19.3 Å². The van der Waals surface area contributed by atoms with Crippen molar-refractivity contribution in [3.05, 3.63) is 77.4 Å². The first kappa shape index (κ1) is 21.8. The van der Waals surface area contributed by atoms with Crippen LogP contribution in [0.3, 0.4) is 0 Å². The van der Waals surface area contributed by atoms with Gasteiger partial charge in [0, 0.05) is 17.7 Å². The maximum atomic E-state index is 12.8. The van der Waals surface area contributed by atoms with E-state index in [4.69, 9.17) is 9.47 Å². The van der Waals surface area contributed by atoms with Crippen LogP contribution in [0.4, 0.5) is 5.69 Å². The zero-order valence-electron chi connectivity index (χ0n) is 18.3. The number of rotatable bonds is 6. The third-order valence-corrected chi connectivity index (χ3v) is 6.01. The van der Waals surface area contributed by atoms with Crippen molar-refractivity contribution in [2.24, 2.45) is 0 Å². The molecule has 1 saturated heterocycles. The fourth-order valence-electron chi connectivity index (χ4n) is 4.31. The van der Waals surface area contributed by atoms with Crippen LogP contribution in [0.1, 0.15) is 43.9 Å². The molecule has 1 atom stereocenters. The number of fused-ring (bicyclic) bond motifs is 2. The highest BCUT2D eigenvalue weighted by atomic mass is 16.5. The van der Waals surface area contributed by atoms with Gasteiger partial charge in [0.2, 0.25) is 0 Å². The summed E-state index contributed by atoms with van der Waals surface area (Å²) in [6, 6.07) is 17.4. The summed E-state index contributed by atoms with van der Waals surface area (Å²) in [6.45, 7) is 0.329. The Kier molecular flexibility index (Phi) is 5.81. The summed E-state index contributed by atoms with van der Waals surface area (Å²) in [5.74, 6) is -2.10. The monoisotopic (exact) mass is 458 g/mol. The molecule has 172 valence electrons. The normalized spacial score (nSPS) is 17.2. The van der Waals surface area contributed by atoms with E-state index in [2.05, 4.69) is 5.32 Å². The molecule has 3 aromatic rings. The maximum Gasteiger partial charge on any atom is 0.338 e. The van der Waals surface area contributed by atoms with E-state index in [0.717, 1.165) is 28.5 Å². The fraction of sp³-hybridized carbons (Fsp3) is 0.231. The van der Waals surface area contributed by atoms with Crippen LogP contribution in [-0.4, -0.2) is 54.5 Å². The number of imide groups is 1. The summed E-state index contributed by atoms with van der Waals surface area (Å²) in [7, 11) is 0. The van der Waals surface area contributed by atoms with Gasteiger partial charge in [-0.05, 0) is 42.5 Å². The van der Waals surface area contributed by atoms with Gasteiger partial charge in [-0.25, -0.2) is 4.79 Å². The Hall–Kier alpha value is -4.04. The molecule has 8 heteroatoms. The number of hydrogen-bond donors (Lipinski definition) is 1. The highest BCUT2D eigenvalue weighted by Crippen LogP contribution is 2.26. The average Bonchev–Trinajstić information content (AvgIpc) is 3.45. The highest BCUT2D eigenvalue weighted by Gasteiger charge is 2.38. The predicted octanol–water partition coefficient (Wildman–Crippen LogP) is 3.41. The third-order valence-electron chi connectivity index (χ3n) is 6.01. The largest absolute Gasteiger partial charge is 0.452 e. The molecular formula is C26H22N2O6. The lowest BCUT2D eigenvalue weighted by Gasteiger charge is -2.17. The average molecular weight is 458 g/mol. The lowest BCUT2D eigenvalue weighted by molar-refractivity contribution is -0.119. The number of carbonyl (C=O) groups is 4. The van der Waals surface area contributed by atoms with Crippen LogP contribution < -0.4 is 5.32 Å². The third kappa shape index (κ3) is 4.15. The SMILES string of the molecule is O=C(COC(=O)c1ccc2c(c1)C(=O)N(C[C@H]1CCCO1)C2=O)Nc1cccc2ccccc12. The number of nitrogens with one attached hydrogen (secondary N) is 1. The van der Waals surface area contributed by atoms with Gasteiger partial charge in [0.25, 0.3) is 17.7 Å². The minimum absolute atomic E-state index is 0.0943. The molecular weight excluding hydrogens is 436 g/mol. The van der Waals surface area contributed by atoms with E-state index in [9.17, 15) is 19.2 Å². The molecule has 0 spiro atoms. The lowest BCUT2D eigenvalue weighted by atomic mass is 10.1. The number of benzene rings is 3. The topological polar surface area (TPSA) is 102 Å². The van der Waals surface area contributed by atoms with Crippen LogP contribution in [0.15, 0.2) is 60.7 Å². The minimum atomic E-state index is -0.756. The van der Waals surface area contributed by atoms with E-state index >= 15 is 0 Å². The van der Waals surface area contributed by atoms with Gasteiger partial charge in [0.1, 0.15) is 0 Å². The molecule has 1 N–H and O–H groups in total. The second-order valence-corrected chi connectivity index (χ2v) is 8.27. The van der Waals surface area contributed by atoms with Crippen LogP contribution in [-0.2, 0) is 14.3 Å². The van der Waals surface area contributed by atoms with Gasteiger partial charge in [-0.15, -0.1) is 0 Å². The van der Waals surface area contributed by atoms with Gasteiger partial charge in [0.15, 0.2) is 6.61 Å². The minimum Gasteiger partial charge on any atom is -0.452 e. The summed E-state index contributed by atoms with van der Waals surface area (Å²) in [4.78, 5) is 51.5. The highest BCUT2D eigenvalue weighted by molar-refractivity contribution is 6.22. The smallest absolute Gasteiger partial charge is 0.338 e. The molecule has 5 rings (SSSR count). The van der Waals surface area contributed by atoms with Crippen LogP contribution in [0.2, 0.25) is 0 Å². The first-order valence-electron chi connectivity index (χ1n) is 11.1. The Morgan fingerprint density at radius 2 is 1.79 bits per heavy atom. The van der Waals surface area contributed by atoms with Gasteiger partial charge < -0.3 is 14.8 Å². The molecule has 0 unspecified atom stereocenters. The van der Waals surface area contributed by atoms with E-state index in [1.807, 2.05) is 36.4 Å². The van der Waals surface area contributed by atoms with Crippen LogP contribution in [0.25, 0.3) is 10.8 Å². The van der Waals surface area contributed by atoms with Crippen molar-refractivity contribution in [3.63, 3.8) is 0 Å². The molecule has 2 aliphatic rings. The molecule has 0 aliphatic carbocycles. The second kappa shape index (κ2) is 9.07. The number of esters is 1. The van der Waals surface area contributed by atoms with E-state index in [-0.39, 0.29) is 29.3 Å². The molecule has 0 saturated carbocycles. The molecule has 1 fully saturated rings. The number of hydrogen-bond acceptors (Lipinski definition) is 6. The van der Waals surface area contributed by atoms with Crippen LogP contribution in [0.5, 0.6) is 0 Å². The van der Waals surface area contributed by atoms with E-state index in [0.29, 0.717) is 12.3 Å². The van der Waals surface area contributed by atoms with Crippen molar-refractivity contribution in [3.8, 4) is 0 Å². The zero-order valence-corrected chi connectivity index (χ0v) is 18.3. The molecule has 8 nitrogen and oxygen atoms in total. The summed E-state index contributed by atoms with van der Waals surface area (Å²) in [6.07, 6.45) is 1.54. The van der Waals surface area contributed by atoms with Gasteiger partial charge in [-0.2, -0.15) is 0 Å². The number of amides is 3. The molecule has 34 heavy (non-hydrogen) atoms. The predicted molar refractivity (Wildman–Crippen MR) is 124 cm³/mol. The van der Waals surface area contributed by atoms with Gasteiger partial charge >= 0.3 is 5.97 Å². The van der Waals surface area contributed by atoms with Gasteiger partial charge in [0.05, 0.1) is 29.3 Å². The Morgan fingerprint density at radius 1 is 1.00 bits per heavy atom. The molecule has 2 heterocycles. The van der Waals surface area contributed by atoms with E-state index in [1.54, 1.807) is 6.07 Å². The molecule has 0 bridgehead atoms. The Bertz CT molecular complexity index is 1310. The molecule has 0 aromatic heterocycles. The number of anilines is 1. The van der Waals surface area contributed by atoms with Crippen molar-refractivity contribution in [1.82, 2.24) is 4.90 Å². The molecule has 0 radical (unpaired) electrons. The summed E-state index contributed by atoms with van der Waals surface area (Å²) < 4.78 is 10.7. The van der Waals surface area contributed by atoms with E-state index in [1.165, 1.54) is 18.2 Å². The van der Waals surface area contributed by atoms with Crippen molar-refractivity contribution in [2.45, 2.75) is 18.9 Å². The Morgan fingerprint density at radius 3 is 2.62 bits per heavy atom. The lowest BCUT2D eigenvalue weighted by Crippen LogP contribution is -2.36. The summed E-state index contributed by atoms with van der Waals surface area (Å²) in [5.41, 5.74) is 1.11. The summed E-state index contributed by atoms with van der Waals surface area (Å²) >= 11 is 0. The van der Waals surface area contributed by atoms with Crippen LogP contribution >= 0.6 is 0 Å². The van der Waals surface area contributed by atoms with E-state index < -0.39 is 30.3 Å². The number of nitrogens with zero attached hydrogens (tertiary/aromatic N) is 1. The van der Waals surface area contributed by atoms with Crippen molar-refractivity contribution < 1.29 is 28.7 Å². The number of ether oxygens (including phenoxy) is 2. The standard InChI is InChI=1S/C26H22N2O6/c29-23(27-22-9-3-6-16-5-1-2-8-19(16)22)15-34-26(32)17-10-11-20-21(13-17)25(31)28(24(20)30)14-18-7-4-12-33-18/h1-3,5-6,8-11,13,18H,4,7,12,14-15H2,(H,27,29)/t18-/m1/s1. The zero-order chi connectivity index (χ0) is 23.7. The quantitative estimate of drug-likeness (QED) is 0.449. The van der Waals surface area contributed by atoms with Crippen molar-refractivity contribution in [1.29, 1.82) is 0 Å². The first-order valence-corrected chi connectivity index (χ1v) is 11.1. The molecule has 3 aromatic carbocycles. The Balaban J connectivity index is 1.23. The van der Waals surface area contributed by atoms with Crippen molar-refractivity contribution in [2.75, 3.05) is 25.1 Å². The fourth-order valence-corrected chi connectivity index (χ4v) is 4.31. The summed E-state index contributed by atoms with van der Waals surface area (Å²) in [5, 5.41) is 4.60. The molecule has 2 aliphatic heterocycles. The maximum absolute atomic E-state index is 12.8. The van der Waals surface area contributed by atoms with Crippen LogP contribution in [0, 0.1) is 0 Å². The number of carbonyl (C=O) groups excluding carboxylic acids is 4. The Labute approximate surface area is 195 Å². The van der Waals surface area contributed by atoms with Gasteiger partial charge in [-0.1, -0.05) is 36.4 Å². The first-order chi connectivity index (χ1) is 16.5.